The van der Waals surface area contributed by atoms with E-state index in [0.717, 1.165) is 0 Å². The van der Waals surface area contributed by atoms with Gasteiger partial charge in [0.15, 0.2) is 0 Å². The molecule has 2 N–H and O–H groups in total. The van der Waals surface area contributed by atoms with Gasteiger partial charge in [-0.2, -0.15) is 0 Å². The number of hydrogen-bond acceptors (Lipinski definition) is 4. The van der Waals surface area contributed by atoms with Crippen molar-refractivity contribution in [3.8, 4) is 0 Å². The molecule has 8 heteroatoms. The topological polar surface area (TPSA) is 138 Å². The van der Waals surface area contributed by atoms with E-state index in [0.29, 0.717) is 0 Å². The zero-order valence-corrected chi connectivity index (χ0v) is 6.15. The Hall–Kier alpha value is -1.46. The lowest BCUT2D eigenvalue weighted by atomic mass is 10.2. The highest BCUT2D eigenvalue weighted by Crippen LogP contribution is 1.95. The highest BCUT2D eigenvalue weighted by molar-refractivity contribution is 4.71. The Kier molecular flexibility index (Phi) is 5.50. The van der Waals surface area contributed by atoms with Crippen LogP contribution >= 0.6 is 0 Å². The molecule has 0 heterocycles. The molecular formula is C4H8N6O2. The second-order valence-electron chi connectivity index (χ2n) is 1.96. The van der Waals surface area contributed by atoms with Crippen LogP contribution in [0.2, 0.25) is 0 Å². The Labute approximate surface area is 67.7 Å². The maximum absolute atomic E-state index is 8.98. The monoisotopic (exact) mass is 172 g/mol. The van der Waals surface area contributed by atoms with Crippen molar-refractivity contribution in [1.29, 1.82) is 0 Å². The minimum Gasteiger partial charge on any atom is -0.390 e. The smallest absolute Gasteiger partial charge is 0.0856 e. The molecule has 0 rings (SSSR count). The van der Waals surface area contributed by atoms with Gasteiger partial charge in [0.25, 0.3) is 0 Å². The zero-order valence-electron chi connectivity index (χ0n) is 6.15. The number of hydrogen-bond donors (Lipinski definition) is 2. The molecule has 0 fully saturated rings. The van der Waals surface area contributed by atoms with Crippen LogP contribution in [0.1, 0.15) is 0 Å². The number of azide groups is 2. The summed E-state index contributed by atoms with van der Waals surface area (Å²) in [5.74, 6) is 0. The van der Waals surface area contributed by atoms with Gasteiger partial charge in [0, 0.05) is 9.82 Å². The van der Waals surface area contributed by atoms with Gasteiger partial charge in [-0.15, -0.1) is 0 Å². The maximum Gasteiger partial charge on any atom is 0.0856 e. The predicted molar refractivity (Wildman–Crippen MR) is 40.0 cm³/mol. The van der Waals surface area contributed by atoms with Crippen LogP contribution in [0.25, 0.3) is 20.9 Å². The number of nitrogens with zero attached hydrogens (tertiary/aromatic N) is 6. The van der Waals surface area contributed by atoms with E-state index >= 15 is 0 Å². The van der Waals surface area contributed by atoms with Crippen LogP contribution in [0.3, 0.4) is 0 Å². The fourth-order valence-electron chi connectivity index (χ4n) is 0.484. The molecular weight excluding hydrogens is 164 g/mol. The van der Waals surface area contributed by atoms with E-state index in [2.05, 4.69) is 20.1 Å². The summed E-state index contributed by atoms with van der Waals surface area (Å²) in [4.78, 5) is 4.78. The van der Waals surface area contributed by atoms with Crippen molar-refractivity contribution in [3.05, 3.63) is 20.9 Å². The summed E-state index contributed by atoms with van der Waals surface area (Å²) in [5.41, 5.74) is 15.7. The Balaban J connectivity index is 3.82. The molecule has 0 amide bonds. The SMILES string of the molecule is [N-]=[N+]=NCC(O)[C@@H](O)CN=[N+]=[N-]. The summed E-state index contributed by atoms with van der Waals surface area (Å²) >= 11 is 0. The van der Waals surface area contributed by atoms with Gasteiger partial charge in [0.05, 0.1) is 25.3 Å². The van der Waals surface area contributed by atoms with Gasteiger partial charge in [-0.3, -0.25) is 0 Å². The first-order valence-electron chi connectivity index (χ1n) is 3.10. The largest absolute Gasteiger partial charge is 0.390 e. The second kappa shape index (κ2) is 6.26. The molecule has 0 aliphatic carbocycles. The molecule has 2 atom stereocenters. The van der Waals surface area contributed by atoms with Gasteiger partial charge in [-0.25, -0.2) is 0 Å². The van der Waals surface area contributed by atoms with Crippen LogP contribution in [-0.4, -0.2) is 35.5 Å². The van der Waals surface area contributed by atoms with Crippen LogP contribution in [0.15, 0.2) is 10.2 Å². The molecule has 0 aliphatic rings. The molecule has 0 aromatic rings. The second-order valence-corrected chi connectivity index (χ2v) is 1.96. The average Bonchev–Trinajstić information content (AvgIpc) is 2.10. The summed E-state index contributed by atoms with van der Waals surface area (Å²) in [7, 11) is 0. The minimum atomic E-state index is -1.19. The fraction of sp³-hybridized carbons (Fsp3) is 1.00. The third-order valence-electron chi connectivity index (χ3n) is 1.11. The lowest BCUT2D eigenvalue weighted by Gasteiger charge is -2.12. The van der Waals surface area contributed by atoms with Gasteiger partial charge in [0.1, 0.15) is 0 Å². The first-order chi connectivity index (χ1) is 5.72. The number of rotatable bonds is 5. The summed E-state index contributed by atoms with van der Waals surface area (Å²) in [5, 5.41) is 24.0. The normalized spacial score (nSPS) is 13.8. The third kappa shape index (κ3) is 4.37. The van der Waals surface area contributed by atoms with E-state index in [-0.39, 0.29) is 13.1 Å². The quantitative estimate of drug-likeness (QED) is 0.350. The van der Waals surface area contributed by atoms with Gasteiger partial charge < -0.3 is 10.2 Å². The molecule has 12 heavy (non-hydrogen) atoms. The minimum absolute atomic E-state index is 0.237. The molecule has 0 saturated heterocycles. The van der Waals surface area contributed by atoms with Crippen LogP contribution in [0.5, 0.6) is 0 Å². The first kappa shape index (κ1) is 10.5. The van der Waals surface area contributed by atoms with Crippen LogP contribution in [-0.2, 0) is 0 Å². The van der Waals surface area contributed by atoms with Crippen molar-refractivity contribution in [2.45, 2.75) is 12.2 Å². The van der Waals surface area contributed by atoms with E-state index in [1.54, 1.807) is 0 Å². The van der Waals surface area contributed by atoms with E-state index in [9.17, 15) is 0 Å². The maximum atomic E-state index is 8.98. The average molecular weight is 172 g/mol. The van der Waals surface area contributed by atoms with E-state index in [1.807, 2.05) is 0 Å². The Bertz CT molecular complexity index is 194. The van der Waals surface area contributed by atoms with E-state index < -0.39 is 12.2 Å². The lowest BCUT2D eigenvalue weighted by molar-refractivity contribution is 0.0313. The molecule has 0 saturated carbocycles. The van der Waals surface area contributed by atoms with Crippen molar-refractivity contribution in [1.82, 2.24) is 0 Å². The summed E-state index contributed by atoms with van der Waals surface area (Å²) in [6.45, 7) is -0.475. The molecule has 0 aliphatic heterocycles. The summed E-state index contributed by atoms with van der Waals surface area (Å²) in [6.07, 6.45) is -2.38. The highest BCUT2D eigenvalue weighted by atomic mass is 16.3. The van der Waals surface area contributed by atoms with Gasteiger partial charge in [-0.1, -0.05) is 10.2 Å². The van der Waals surface area contributed by atoms with Gasteiger partial charge >= 0.3 is 0 Å². The molecule has 0 radical (unpaired) electrons. The number of aliphatic hydroxyl groups excluding tert-OH is 2. The standard InChI is InChI=1S/C4H8N6O2/c5-9-7-1-3(11)4(12)2-8-10-6/h3-4,11-12H,1-2H2/t3-,4?/m0/s1. The van der Waals surface area contributed by atoms with Crippen LogP contribution < -0.4 is 0 Å². The highest BCUT2D eigenvalue weighted by Gasteiger charge is 2.13. The lowest BCUT2D eigenvalue weighted by Crippen LogP contribution is -2.30. The molecule has 1 unspecified atom stereocenters. The molecule has 0 aromatic carbocycles. The zero-order chi connectivity index (χ0) is 9.40. The van der Waals surface area contributed by atoms with Crippen molar-refractivity contribution < 1.29 is 10.2 Å². The Morgan fingerprint density at radius 1 is 1.00 bits per heavy atom. The molecule has 8 nitrogen and oxygen atoms in total. The molecule has 0 bridgehead atoms. The van der Waals surface area contributed by atoms with Crippen molar-refractivity contribution in [2.24, 2.45) is 10.2 Å². The van der Waals surface area contributed by atoms with Crippen molar-refractivity contribution in [2.75, 3.05) is 13.1 Å². The van der Waals surface area contributed by atoms with E-state index in [4.69, 9.17) is 21.3 Å². The van der Waals surface area contributed by atoms with E-state index in [1.165, 1.54) is 0 Å². The van der Waals surface area contributed by atoms with Crippen LogP contribution in [0.4, 0.5) is 0 Å². The number of aliphatic hydroxyl groups is 2. The fourth-order valence-corrected chi connectivity index (χ4v) is 0.484. The van der Waals surface area contributed by atoms with Crippen molar-refractivity contribution >= 4 is 0 Å². The van der Waals surface area contributed by atoms with Gasteiger partial charge in [0.2, 0.25) is 0 Å². The predicted octanol–water partition coefficient (Wildman–Crippen LogP) is 0.329. The molecule has 66 valence electrons. The van der Waals surface area contributed by atoms with Crippen LogP contribution in [0, 0.1) is 0 Å². The third-order valence-corrected chi connectivity index (χ3v) is 1.11. The molecule has 0 aromatic heterocycles. The molecule has 0 spiro atoms. The Morgan fingerprint density at radius 2 is 1.33 bits per heavy atom. The first-order valence-corrected chi connectivity index (χ1v) is 3.10. The van der Waals surface area contributed by atoms with Crippen molar-refractivity contribution in [3.63, 3.8) is 0 Å². The Morgan fingerprint density at radius 3 is 1.58 bits per heavy atom. The summed E-state index contributed by atoms with van der Waals surface area (Å²) in [6, 6.07) is 0. The summed E-state index contributed by atoms with van der Waals surface area (Å²) < 4.78 is 0. The van der Waals surface area contributed by atoms with Gasteiger partial charge in [-0.05, 0) is 11.1 Å².